The van der Waals surface area contributed by atoms with Crippen LogP contribution in [-0.2, 0) is 19.6 Å². The van der Waals surface area contributed by atoms with Gasteiger partial charge in [-0.25, -0.2) is 8.42 Å². The van der Waals surface area contributed by atoms with Crippen LogP contribution in [-0.4, -0.2) is 51.5 Å². The maximum absolute atomic E-state index is 12.7. The Balaban J connectivity index is 2.06. The quantitative estimate of drug-likeness (QED) is 0.772. The summed E-state index contributed by atoms with van der Waals surface area (Å²) in [6.45, 7) is 0.798. The van der Waals surface area contributed by atoms with Crippen molar-refractivity contribution >= 4 is 15.9 Å². The molecular weight excluding hydrogens is 328 g/mol. The number of hydrogen-bond acceptors (Lipinski definition) is 4. The van der Waals surface area contributed by atoms with Crippen LogP contribution >= 0.6 is 0 Å². The molecule has 0 saturated carbocycles. The van der Waals surface area contributed by atoms with Crippen molar-refractivity contribution in [2.75, 3.05) is 26.8 Å². The lowest BCUT2D eigenvalue weighted by atomic mass is 9.98. The molecule has 130 valence electrons. The number of rotatable bonds is 6. The van der Waals surface area contributed by atoms with Gasteiger partial charge in [-0.05, 0) is 25.0 Å². The second kappa shape index (κ2) is 8.29. The monoisotopic (exact) mass is 350 g/mol. The first-order chi connectivity index (χ1) is 11.5. The normalized spacial score (nSPS) is 20.1. The van der Waals surface area contributed by atoms with Gasteiger partial charge in [0.2, 0.25) is 15.9 Å². The number of piperidine rings is 1. The molecule has 2 atom stereocenters. The molecular formula is C17H22N2O4S. The zero-order chi connectivity index (χ0) is 17.6. The topological polar surface area (TPSA) is 75.7 Å². The number of sulfonamides is 1. The van der Waals surface area contributed by atoms with Crippen molar-refractivity contribution < 1.29 is 17.9 Å². The van der Waals surface area contributed by atoms with Gasteiger partial charge in [-0.1, -0.05) is 24.1 Å². The zero-order valence-electron chi connectivity index (χ0n) is 13.6. The van der Waals surface area contributed by atoms with Crippen molar-refractivity contribution in [2.24, 2.45) is 5.92 Å². The molecule has 1 aromatic carbocycles. The van der Waals surface area contributed by atoms with Gasteiger partial charge in [0, 0.05) is 20.2 Å². The van der Waals surface area contributed by atoms with Gasteiger partial charge in [-0.15, -0.1) is 6.42 Å². The smallest absolute Gasteiger partial charge is 0.243 e. The van der Waals surface area contributed by atoms with Crippen molar-refractivity contribution in [3.05, 3.63) is 30.3 Å². The molecule has 1 N–H and O–H groups in total. The number of hydrogen-bond donors (Lipinski definition) is 1. The lowest BCUT2D eigenvalue weighted by Gasteiger charge is -2.31. The predicted octanol–water partition coefficient (Wildman–Crippen LogP) is 0.852. The Labute approximate surface area is 143 Å². The number of nitrogens with zero attached hydrogens (tertiary/aromatic N) is 1. The van der Waals surface area contributed by atoms with E-state index in [9.17, 15) is 13.2 Å². The molecule has 2 rings (SSSR count). The van der Waals surface area contributed by atoms with Crippen LogP contribution in [0.2, 0.25) is 0 Å². The summed E-state index contributed by atoms with van der Waals surface area (Å²) in [6.07, 6.45) is 6.63. The van der Waals surface area contributed by atoms with Crippen LogP contribution < -0.4 is 5.32 Å². The largest absolute Gasteiger partial charge is 0.382 e. The van der Waals surface area contributed by atoms with Crippen molar-refractivity contribution in [3.8, 4) is 12.3 Å². The van der Waals surface area contributed by atoms with Gasteiger partial charge in [-0.2, -0.15) is 4.31 Å². The van der Waals surface area contributed by atoms with E-state index in [-0.39, 0.29) is 24.0 Å². The zero-order valence-corrected chi connectivity index (χ0v) is 14.5. The van der Waals surface area contributed by atoms with Gasteiger partial charge in [0.15, 0.2) is 0 Å². The fourth-order valence-electron chi connectivity index (χ4n) is 2.70. The number of carbonyl (C=O) groups is 1. The Morgan fingerprint density at radius 3 is 2.79 bits per heavy atom. The summed E-state index contributed by atoms with van der Waals surface area (Å²) in [6, 6.07) is 7.75. The molecule has 1 saturated heterocycles. The highest BCUT2D eigenvalue weighted by molar-refractivity contribution is 7.89. The molecule has 7 heteroatoms. The second-order valence-electron chi connectivity index (χ2n) is 5.70. The highest BCUT2D eigenvalue weighted by atomic mass is 32.2. The fraction of sp³-hybridized carbons (Fsp3) is 0.471. The second-order valence-corrected chi connectivity index (χ2v) is 7.64. The molecule has 0 spiro atoms. The Bertz CT molecular complexity index is 697. The summed E-state index contributed by atoms with van der Waals surface area (Å²) < 4.78 is 31.7. The number of amides is 1. The van der Waals surface area contributed by atoms with Crippen molar-refractivity contribution in [1.29, 1.82) is 0 Å². The van der Waals surface area contributed by atoms with Crippen LogP contribution in [0.3, 0.4) is 0 Å². The first-order valence-corrected chi connectivity index (χ1v) is 9.23. The van der Waals surface area contributed by atoms with Gasteiger partial charge in [0.25, 0.3) is 0 Å². The van der Waals surface area contributed by atoms with Crippen LogP contribution in [0.4, 0.5) is 0 Å². The van der Waals surface area contributed by atoms with Crippen LogP contribution in [0.5, 0.6) is 0 Å². The molecule has 1 aliphatic heterocycles. The first kappa shape index (κ1) is 18.5. The number of nitrogens with one attached hydrogen (secondary N) is 1. The minimum absolute atomic E-state index is 0.160. The molecule has 24 heavy (non-hydrogen) atoms. The number of benzene rings is 1. The van der Waals surface area contributed by atoms with Gasteiger partial charge in [-0.3, -0.25) is 4.79 Å². The average molecular weight is 350 g/mol. The maximum Gasteiger partial charge on any atom is 0.243 e. The highest BCUT2D eigenvalue weighted by Gasteiger charge is 2.33. The molecule has 1 aliphatic rings. The van der Waals surface area contributed by atoms with E-state index in [1.165, 1.54) is 11.4 Å². The predicted molar refractivity (Wildman–Crippen MR) is 90.6 cm³/mol. The number of carbonyl (C=O) groups excluding carboxylic acids is 1. The van der Waals surface area contributed by atoms with E-state index >= 15 is 0 Å². The van der Waals surface area contributed by atoms with E-state index in [4.69, 9.17) is 11.2 Å². The van der Waals surface area contributed by atoms with Crippen LogP contribution in [0, 0.1) is 18.3 Å². The molecule has 1 aromatic rings. The van der Waals surface area contributed by atoms with E-state index in [0.29, 0.717) is 19.4 Å². The third-order valence-corrected chi connectivity index (χ3v) is 5.87. The Kier molecular flexibility index (Phi) is 6.37. The molecule has 1 amide bonds. The lowest BCUT2D eigenvalue weighted by molar-refractivity contribution is -0.126. The van der Waals surface area contributed by atoms with Crippen LogP contribution in [0.25, 0.3) is 0 Å². The molecule has 1 fully saturated rings. The minimum atomic E-state index is -3.58. The fourth-order valence-corrected chi connectivity index (χ4v) is 4.25. The maximum atomic E-state index is 12.7. The summed E-state index contributed by atoms with van der Waals surface area (Å²) in [5, 5.41) is 2.73. The Hall–Kier alpha value is -1.88. The van der Waals surface area contributed by atoms with Gasteiger partial charge < -0.3 is 10.1 Å². The summed E-state index contributed by atoms with van der Waals surface area (Å²) >= 11 is 0. The molecule has 0 aromatic heterocycles. The summed E-state index contributed by atoms with van der Waals surface area (Å²) in [7, 11) is -2.08. The summed E-state index contributed by atoms with van der Waals surface area (Å²) in [5.41, 5.74) is 0. The highest BCUT2D eigenvalue weighted by Crippen LogP contribution is 2.23. The van der Waals surface area contributed by atoms with Gasteiger partial charge >= 0.3 is 0 Å². The first-order valence-electron chi connectivity index (χ1n) is 7.79. The minimum Gasteiger partial charge on any atom is -0.382 e. The SMILES string of the molecule is C#CC(COC)NC(=O)C1CCCN(S(=O)(=O)c2ccccc2)C1. The van der Waals surface area contributed by atoms with E-state index in [0.717, 1.165) is 0 Å². The summed E-state index contributed by atoms with van der Waals surface area (Å²) in [5.74, 6) is 1.81. The lowest BCUT2D eigenvalue weighted by Crippen LogP contribution is -2.48. The third-order valence-electron chi connectivity index (χ3n) is 3.99. The van der Waals surface area contributed by atoms with Crippen molar-refractivity contribution in [1.82, 2.24) is 9.62 Å². The van der Waals surface area contributed by atoms with Crippen LogP contribution in [0.15, 0.2) is 35.2 Å². The number of methoxy groups -OCH3 is 1. The summed E-state index contributed by atoms with van der Waals surface area (Å²) in [4.78, 5) is 12.6. The molecule has 6 nitrogen and oxygen atoms in total. The van der Waals surface area contributed by atoms with Gasteiger partial charge in [0.05, 0.1) is 17.4 Å². The average Bonchev–Trinajstić information content (AvgIpc) is 2.62. The van der Waals surface area contributed by atoms with Crippen LogP contribution in [0.1, 0.15) is 12.8 Å². The Morgan fingerprint density at radius 1 is 1.46 bits per heavy atom. The van der Waals surface area contributed by atoms with Gasteiger partial charge in [0.1, 0.15) is 6.04 Å². The third kappa shape index (κ3) is 4.35. The van der Waals surface area contributed by atoms with E-state index in [2.05, 4.69) is 11.2 Å². The van der Waals surface area contributed by atoms with Crippen molar-refractivity contribution in [2.45, 2.75) is 23.8 Å². The molecule has 0 radical (unpaired) electrons. The Morgan fingerprint density at radius 2 is 2.17 bits per heavy atom. The van der Waals surface area contributed by atoms with E-state index < -0.39 is 22.0 Å². The van der Waals surface area contributed by atoms with Crippen molar-refractivity contribution in [3.63, 3.8) is 0 Å². The molecule has 0 aliphatic carbocycles. The molecule has 0 bridgehead atoms. The van der Waals surface area contributed by atoms with E-state index in [1.54, 1.807) is 30.3 Å². The number of terminal acetylenes is 1. The molecule has 1 heterocycles. The number of ether oxygens (including phenoxy) is 1. The molecule has 2 unspecified atom stereocenters. The van der Waals surface area contributed by atoms with E-state index in [1.807, 2.05) is 0 Å². The standard InChI is InChI=1S/C17H22N2O4S/c1-3-15(13-23-2)18-17(20)14-8-7-11-19(12-14)24(21,22)16-9-5-4-6-10-16/h1,4-6,9-10,14-15H,7-8,11-13H2,2H3,(H,18,20).